The summed E-state index contributed by atoms with van der Waals surface area (Å²) in [6.07, 6.45) is -4.32. The van der Waals surface area contributed by atoms with Crippen molar-refractivity contribution in [1.82, 2.24) is 10.2 Å². The van der Waals surface area contributed by atoms with Crippen LogP contribution in [0.15, 0.2) is 30.3 Å². The van der Waals surface area contributed by atoms with Gasteiger partial charge in [-0.25, -0.2) is 5.10 Å². The molecule has 2 rings (SSSR count). The Kier molecular flexibility index (Phi) is 3.14. The lowest BCUT2D eigenvalue weighted by atomic mass is 10.1. The standard InChI is InChI=1S/C11H10F3N3O/c12-11(13,14)8-3-1-7(2-4-8)6-18-10-5-9(15)16-17-10/h1-5H,6H2,(H3,15,16,17). The van der Waals surface area contributed by atoms with E-state index in [4.69, 9.17) is 10.5 Å². The summed E-state index contributed by atoms with van der Waals surface area (Å²) < 4.78 is 42.2. The summed E-state index contributed by atoms with van der Waals surface area (Å²) in [5.74, 6) is 0.657. The van der Waals surface area contributed by atoms with Crippen LogP contribution in [-0.4, -0.2) is 10.2 Å². The lowest BCUT2D eigenvalue weighted by Gasteiger charge is -2.07. The number of nitrogens with two attached hydrogens (primary N) is 1. The Morgan fingerprint density at radius 1 is 1.22 bits per heavy atom. The van der Waals surface area contributed by atoms with Crippen molar-refractivity contribution in [3.05, 3.63) is 41.5 Å². The molecule has 0 unspecified atom stereocenters. The fourth-order valence-corrected chi connectivity index (χ4v) is 1.34. The van der Waals surface area contributed by atoms with Crippen molar-refractivity contribution in [2.75, 3.05) is 5.73 Å². The molecule has 0 saturated heterocycles. The van der Waals surface area contributed by atoms with E-state index < -0.39 is 11.7 Å². The highest BCUT2D eigenvalue weighted by atomic mass is 19.4. The van der Waals surface area contributed by atoms with Gasteiger partial charge in [0, 0.05) is 6.07 Å². The van der Waals surface area contributed by atoms with Crippen LogP contribution in [0.1, 0.15) is 11.1 Å². The van der Waals surface area contributed by atoms with Crippen LogP contribution in [-0.2, 0) is 12.8 Å². The van der Waals surface area contributed by atoms with Gasteiger partial charge in [-0.15, -0.1) is 0 Å². The van der Waals surface area contributed by atoms with E-state index in [0.717, 1.165) is 12.1 Å². The number of benzene rings is 1. The molecule has 2 aromatic rings. The van der Waals surface area contributed by atoms with Crippen molar-refractivity contribution in [3.8, 4) is 5.88 Å². The summed E-state index contributed by atoms with van der Waals surface area (Å²) in [6.45, 7) is 0.139. The van der Waals surface area contributed by atoms with Gasteiger partial charge in [0.25, 0.3) is 0 Å². The van der Waals surface area contributed by atoms with Crippen molar-refractivity contribution in [1.29, 1.82) is 0 Å². The second kappa shape index (κ2) is 4.59. The molecule has 0 amide bonds. The van der Waals surface area contributed by atoms with Crippen molar-refractivity contribution in [2.24, 2.45) is 0 Å². The number of anilines is 1. The number of H-pyrrole nitrogens is 1. The topological polar surface area (TPSA) is 63.9 Å². The van der Waals surface area contributed by atoms with Crippen LogP contribution in [0.5, 0.6) is 5.88 Å². The first-order chi connectivity index (χ1) is 8.45. The Hall–Kier alpha value is -2.18. The van der Waals surface area contributed by atoms with Gasteiger partial charge in [0.15, 0.2) is 0 Å². The highest BCUT2D eigenvalue weighted by Gasteiger charge is 2.29. The number of hydrogen-bond donors (Lipinski definition) is 2. The molecule has 0 aliphatic heterocycles. The lowest BCUT2D eigenvalue weighted by Crippen LogP contribution is -2.05. The number of alkyl halides is 3. The number of nitrogen functional groups attached to an aromatic ring is 1. The Morgan fingerprint density at radius 3 is 2.39 bits per heavy atom. The number of halogens is 3. The smallest absolute Gasteiger partial charge is 0.416 e. The van der Waals surface area contributed by atoms with Crippen LogP contribution in [0.2, 0.25) is 0 Å². The van der Waals surface area contributed by atoms with Gasteiger partial charge in [-0.05, 0) is 17.7 Å². The molecule has 7 heteroatoms. The monoisotopic (exact) mass is 257 g/mol. The minimum absolute atomic E-state index is 0.139. The van der Waals surface area contributed by atoms with Gasteiger partial charge < -0.3 is 10.5 Å². The predicted molar refractivity (Wildman–Crippen MR) is 58.8 cm³/mol. The van der Waals surface area contributed by atoms with E-state index in [2.05, 4.69) is 10.2 Å². The van der Waals surface area contributed by atoms with Crippen LogP contribution < -0.4 is 10.5 Å². The number of nitrogens with zero attached hydrogens (tertiary/aromatic N) is 1. The Morgan fingerprint density at radius 2 is 1.89 bits per heavy atom. The first kappa shape index (κ1) is 12.3. The van der Waals surface area contributed by atoms with Gasteiger partial charge in [0.05, 0.1) is 5.56 Å². The molecule has 0 atom stereocenters. The van der Waals surface area contributed by atoms with Gasteiger partial charge in [0.2, 0.25) is 5.88 Å². The van der Waals surface area contributed by atoms with Crippen LogP contribution >= 0.6 is 0 Å². The van der Waals surface area contributed by atoms with E-state index in [1.807, 2.05) is 0 Å². The highest BCUT2D eigenvalue weighted by Crippen LogP contribution is 2.29. The molecular weight excluding hydrogens is 247 g/mol. The third kappa shape index (κ3) is 2.93. The van der Waals surface area contributed by atoms with E-state index in [1.165, 1.54) is 18.2 Å². The van der Waals surface area contributed by atoms with Crippen molar-refractivity contribution < 1.29 is 17.9 Å². The predicted octanol–water partition coefficient (Wildman–Crippen LogP) is 2.59. The fourth-order valence-electron chi connectivity index (χ4n) is 1.34. The van der Waals surface area contributed by atoms with Gasteiger partial charge in [-0.2, -0.15) is 18.3 Å². The first-order valence-electron chi connectivity index (χ1n) is 5.05. The SMILES string of the molecule is Nc1cc(OCc2ccc(C(F)(F)F)cc2)[nH]n1. The van der Waals surface area contributed by atoms with Gasteiger partial charge in [-0.1, -0.05) is 12.1 Å². The van der Waals surface area contributed by atoms with Gasteiger partial charge in [0.1, 0.15) is 12.4 Å². The van der Waals surface area contributed by atoms with E-state index in [1.54, 1.807) is 0 Å². The highest BCUT2D eigenvalue weighted by molar-refractivity contribution is 5.32. The average Bonchev–Trinajstić information content (AvgIpc) is 2.72. The van der Waals surface area contributed by atoms with Crippen molar-refractivity contribution >= 4 is 5.82 Å². The summed E-state index contributed by atoms with van der Waals surface area (Å²) >= 11 is 0. The molecule has 0 radical (unpaired) electrons. The summed E-state index contributed by atoms with van der Waals surface area (Å²) in [5, 5.41) is 6.19. The molecule has 1 aromatic heterocycles. The zero-order valence-corrected chi connectivity index (χ0v) is 9.16. The third-order valence-electron chi connectivity index (χ3n) is 2.25. The number of rotatable bonds is 3. The second-order valence-corrected chi connectivity index (χ2v) is 3.64. The van der Waals surface area contributed by atoms with Crippen LogP contribution in [0, 0.1) is 0 Å². The molecule has 1 aromatic carbocycles. The van der Waals surface area contributed by atoms with E-state index >= 15 is 0 Å². The van der Waals surface area contributed by atoms with Crippen LogP contribution in [0.3, 0.4) is 0 Å². The minimum atomic E-state index is -4.32. The quantitative estimate of drug-likeness (QED) is 0.888. The molecule has 1 heterocycles. The number of hydrogen-bond acceptors (Lipinski definition) is 3. The molecule has 96 valence electrons. The maximum Gasteiger partial charge on any atom is 0.416 e. The zero-order valence-electron chi connectivity index (χ0n) is 9.16. The molecule has 3 N–H and O–H groups in total. The first-order valence-corrected chi connectivity index (χ1v) is 5.05. The van der Waals surface area contributed by atoms with Crippen molar-refractivity contribution in [2.45, 2.75) is 12.8 Å². The summed E-state index contributed by atoms with van der Waals surface area (Å²) in [6, 6.07) is 6.25. The maximum absolute atomic E-state index is 12.3. The molecule has 0 aliphatic rings. The largest absolute Gasteiger partial charge is 0.473 e. The van der Waals surface area contributed by atoms with Gasteiger partial charge >= 0.3 is 6.18 Å². The van der Waals surface area contributed by atoms with E-state index in [0.29, 0.717) is 11.4 Å². The molecule has 0 bridgehead atoms. The van der Waals surface area contributed by atoms with Crippen LogP contribution in [0.4, 0.5) is 19.0 Å². The number of nitrogens with one attached hydrogen (secondary N) is 1. The summed E-state index contributed by atoms with van der Waals surface area (Å²) in [7, 11) is 0. The molecule has 0 fully saturated rings. The minimum Gasteiger partial charge on any atom is -0.473 e. The Labute approximate surface area is 101 Å². The summed E-state index contributed by atoms with van der Waals surface area (Å²) in [5.41, 5.74) is 5.31. The molecule has 0 spiro atoms. The normalized spacial score (nSPS) is 11.5. The number of ether oxygens (including phenoxy) is 1. The zero-order chi connectivity index (χ0) is 13.2. The van der Waals surface area contributed by atoms with E-state index in [9.17, 15) is 13.2 Å². The molecular formula is C11H10F3N3O. The van der Waals surface area contributed by atoms with Crippen LogP contribution in [0.25, 0.3) is 0 Å². The van der Waals surface area contributed by atoms with Gasteiger partial charge in [-0.3, -0.25) is 0 Å². The Bertz CT molecular complexity index is 519. The molecule has 0 aliphatic carbocycles. The number of aromatic nitrogens is 2. The third-order valence-corrected chi connectivity index (χ3v) is 2.25. The maximum atomic E-state index is 12.3. The second-order valence-electron chi connectivity index (χ2n) is 3.64. The lowest BCUT2D eigenvalue weighted by molar-refractivity contribution is -0.137. The molecule has 0 saturated carbocycles. The number of aromatic amines is 1. The fraction of sp³-hybridized carbons (Fsp3) is 0.182. The Balaban J connectivity index is 1.98. The van der Waals surface area contributed by atoms with Crippen molar-refractivity contribution in [3.63, 3.8) is 0 Å². The van der Waals surface area contributed by atoms with E-state index in [-0.39, 0.29) is 12.4 Å². The molecule has 18 heavy (non-hydrogen) atoms. The summed E-state index contributed by atoms with van der Waals surface area (Å²) in [4.78, 5) is 0. The average molecular weight is 257 g/mol. The molecule has 4 nitrogen and oxygen atoms in total.